The van der Waals surface area contributed by atoms with Gasteiger partial charge in [-0.2, -0.15) is 0 Å². The van der Waals surface area contributed by atoms with Gasteiger partial charge in [0, 0.05) is 68.2 Å². The molecule has 0 saturated heterocycles. The predicted octanol–water partition coefficient (Wildman–Crippen LogP) is 21.2. The van der Waals surface area contributed by atoms with Crippen molar-refractivity contribution in [2.24, 2.45) is 0 Å². The quantitative estimate of drug-likeness (QED) is 0.101. The highest BCUT2D eigenvalue weighted by atomic mass is 15.2. The van der Waals surface area contributed by atoms with E-state index in [0.29, 0.717) is 0 Å². The molecule has 0 spiro atoms. The van der Waals surface area contributed by atoms with E-state index in [1.54, 1.807) is 0 Å². The van der Waals surface area contributed by atoms with Gasteiger partial charge in [-0.05, 0) is 204 Å². The third-order valence-corrected chi connectivity index (χ3v) is 14.5. The van der Waals surface area contributed by atoms with E-state index in [-0.39, 0.29) is 0 Å². The summed E-state index contributed by atoms with van der Waals surface area (Å²) in [4.78, 5) is 9.28. The van der Waals surface area contributed by atoms with Crippen molar-refractivity contribution in [2.45, 2.75) is 13.8 Å². The molecule has 78 heavy (non-hydrogen) atoms. The molecule has 4 heteroatoms. The van der Waals surface area contributed by atoms with Gasteiger partial charge in [-0.1, -0.05) is 170 Å². The number of hydrogen-bond acceptors (Lipinski definition) is 4. The minimum atomic E-state index is 1.09. The summed E-state index contributed by atoms with van der Waals surface area (Å²) in [6.45, 7) is 4.46. The van der Waals surface area contributed by atoms with Crippen LogP contribution in [0.25, 0.3) is 33.4 Å². The van der Waals surface area contributed by atoms with E-state index in [1.807, 2.05) is 0 Å². The molecule has 0 unspecified atom stereocenters. The van der Waals surface area contributed by atoms with Crippen molar-refractivity contribution in [1.29, 1.82) is 0 Å². The highest BCUT2D eigenvalue weighted by Gasteiger charge is 2.19. The van der Waals surface area contributed by atoms with Gasteiger partial charge in [0.2, 0.25) is 0 Å². The molecule has 0 aromatic heterocycles. The first-order chi connectivity index (χ1) is 38.5. The average Bonchev–Trinajstić information content (AvgIpc) is 3.52. The molecule has 12 rings (SSSR count). The molecule has 0 heterocycles. The first-order valence-corrected chi connectivity index (χ1v) is 26.7. The van der Waals surface area contributed by atoms with Crippen molar-refractivity contribution in [3.63, 3.8) is 0 Å². The van der Waals surface area contributed by atoms with Crippen molar-refractivity contribution < 1.29 is 0 Å². The maximum Gasteiger partial charge on any atom is 0.0464 e. The van der Waals surface area contributed by atoms with Crippen molar-refractivity contribution in [2.75, 3.05) is 19.6 Å². The lowest BCUT2D eigenvalue weighted by Gasteiger charge is -2.27. The largest absolute Gasteiger partial charge is 0.311 e. The summed E-state index contributed by atoms with van der Waals surface area (Å²) in [6, 6.07) is 113. The van der Waals surface area contributed by atoms with E-state index < -0.39 is 0 Å². The fraction of sp³-hybridized carbons (Fsp3) is 0.0270. The van der Waals surface area contributed by atoms with Gasteiger partial charge < -0.3 is 19.6 Å². The average molecular weight is 1000 g/mol. The minimum Gasteiger partial charge on any atom is -0.311 e. The molecular formula is C74H58N4. The van der Waals surface area contributed by atoms with Gasteiger partial charge in [-0.25, -0.2) is 0 Å². The number of rotatable bonds is 15. The van der Waals surface area contributed by atoms with Crippen LogP contribution in [0.2, 0.25) is 0 Å². The summed E-state index contributed by atoms with van der Waals surface area (Å²) >= 11 is 0. The van der Waals surface area contributed by atoms with Crippen LogP contribution < -0.4 is 19.6 Å². The lowest BCUT2D eigenvalue weighted by atomic mass is 9.95. The number of nitrogens with zero attached hydrogens (tertiary/aromatic N) is 4. The summed E-state index contributed by atoms with van der Waals surface area (Å²) in [5.41, 5.74) is 22.8. The Kier molecular flexibility index (Phi) is 14.0. The molecule has 0 radical (unpaired) electrons. The molecule has 4 nitrogen and oxygen atoms in total. The van der Waals surface area contributed by atoms with E-state index in [2.05, 4.69) is 349 Å². The zero-order valence-corrected chi connectivity index (χ0v) is 43.8. The maximum absolute atomic E-state index is 2.35. The van der Waals surface area contributed by atoms with Crippen molar-refractivity contribution in [3.05, 3.63) is 327 Å². The Morgan fingerprint density at radius 3 is 0.526 bits per heavy atom. The standard InChI is InChI=1S/C74H58N4/c1-55-53-71(77(65-29-17-7-18-30-65)69-45-37-59(38-46-69)57-33-41-67(42-34-57)75(61-21-9-3-10-22-61)62-23-11-4-12-24-62)49-51-73(55)74-52-50-72(54-56(74)2)78(66-31-19-8-20-32-66)70-47-39-60(40-48-70)58-35-43-68(44-36-58)76(63-25-13-5-14-26-63)64-27-15-6-16-28-64/h3-54H,1-2H3. The molecular weight excluding hydrogens is 945 g/mol. The Labute approximate surface area is 459 Å². The zero-order chi connectivity index (χ0) is 52.6. The monoisotopic (exact) mass is 1000 g/mol. The normalized spacial score (nSPS) is 10.9. The van der Waals surface area contributed by atoms with Gasteiger partial charge in [0.05, 0.1) is 0 Å². The van der Waals surface area contributed by atoms with Crippen LogP contribution in [-0.4, -0.2) is 0 Å². The van der Waals surface area contributed by atoms with Crippen LogP contribution in [-0.2, 0) is 0 Å². The second kappa shape index (κ2) is 22.4. The van der Waals surface area contributed by atoms with Crippen LogP contribution in [0.4, 0.5) is 68.2 Å². The molecule has 0 aliphatic heterocycles. The SMILES string of the molecule is Cc1cc(N(c2ccccc2)c2ccc(-c3ccc(N(c4ccccc4)c4ccccc4)cc3)cc2)ccc1-c1ccc(N(c2ccccc2)c2ccc(-c3ccc(N(c4ccccc4)c4ccccc4)cc3)cc2)cc1C. The summed E-state index contributed by atoms with van der Waals surface area (Å²) < 4.78 is 0. The zero-order valence-electron chi connectivity index (χ0n) is 43.8. The van der Waals surface area contributed by atoms with Gasteiger partial charge in [-0.15, -0.1) is 0 Å². The van der Waals surface area contributed by atoms with E-state index in [1.165, 1.54) is 22.3 Å². The molecule has 0 bridgehead atoms. The first-order valence-electron chi connectivity index (χ1n) is 26.7. The Morgan fingerprint density at radius 1 is 0.167 bits per heavy atom. The lowest BCUT2D eigenvalue weighted by molar-refractivity contribution is 1.26. The number of anilines is 12. The lowest BCUT2D eigenvalue weighted by Crippen LogP contribution is -2.10. The summed E-state index contributed by atoms with van der Waals surface area (Å²) in [7, 11) is 0. The van der Waals surface area contributed by atoms with Crippen molar-refractivity contribution >= 4 is 68.2 Å². The fourth-order valence-corrected chi connectivity index (χ4v) is 10.6. The number of aryl methyl sites for hydroxylation is 2. The highest BCUT2D eigenvalue weighted by molar-refractivity contribution is 5.86. The van der Waals surface area contributed by atoms with Crippen LogP contribution >= 0.6 is 0 Å². The first kappa shape index (κ1) is 48.8. The van der Waals surface area contributed by atoms with E-state index in [0.717, 1.165) is 90.5 Å². The van der Waals surface area contributed by atoms with Gasteiger partial charge in [-0.3, -0.25) is 0 Å². The molecule has 12 aromatic carbocycles. The smallest absolute Gasteiger partial charge is 0.0464 e. The van der Waals surface area contributed by atoms with Crippen LogP contribution in [0.5, 0.6) is 0 Å². The fourth-order valence-electron chi connectivity index (χ4n) is 10.6. The molecule has 0 amide bonds. The van der Waals surface area contributed by atoms with Gasteiger partial charge in [0.15, 0.2) is 0 Å². The second-order valence-corrected chi connectivity index (χ2v) is 19.5. The predicted molar refractivity (Wildman–Crippen MR) is 331 cm³/mol. The maximum atomic E-state index is 2.35. The Balaban J connectivity index is 0.797. The van der Waals surface area contributed by atoms with E-state index >= 15 is 0 Å². The van der Waals surface area contributed by atoms with E-state index in [4.69, 9.17) is 0 Å². The van der Waals surface area contributed by atoms with Gasteiger partial charge >= 0.3 is 0 Å². The van der Waals surface area contributed by atoms with Gasteiger partial charge in [0.1, 0.15) is 0 Å². The summed E-state index contributed by atoms with van der Waals surface area (Å²) in [5, 5.41) is 0. The van der Waals surface area contributed by atoms with Crippen LogP contribution in [0.3, 0.4) is 0 Å². The number of para-hydroxylation sites is 6. The molecule has 0 aliphatic rings. The van der Waals surface area contributed by atoms with Crippen LogP contribution in [0, 0.1) is 13.8 Å². The molecule has 12 aromatic rings. The molecule has 374 valence electrons. The Hall–Kier alpha value is -10.2. The molecule has 0 atom stereocenters. The molecule has 0 fully saturated rings. The Morgan fingerprint density at radius 2 is 0.333 bits per heavy atom. The minimum absolute atomic E-state index is 1.09. The number of benzene rings is 12. The summed E-state index contributed by atoms with van der Waals surface area (Å²) in [5.74, 6) is 0. The molecule has 0 aliphatic carbocycles. The second-order valence-electron chi connectivity index (χ2n) is 19.5. The highest BCUT2D eigenvalue weighted by Crippen LogP contribution is 2.43. The van der Waals surface area contributed by atoms with Crippen LogP contribution in [0.15, 0.2) is 315 Å². The van der Waals surface area contributed by atoms with E-state index in [9.17, 15) is 0 Å². The topological polar surface area (TPSA) is 13.0 Å². The van der Waals surface area contributed by atoms with Crippen molar-refractivity contribution in [1.82, 2.24) is 0 Å². The van der Waals surface area contributed by atoms with Gasteiger partial charge in [0.25, 0.3) is 0 Å². The third-order valence-electron chi connectivity index (χ3n) is 14.5. The Bertz CT molecular complexity index is 3530. The molecule has 0 saturated carbocycles. The third kappa shape index (κ3) is 10.3. The van der Waals surface area contributed by atoms with Crippen LogP contribution in [0.1, 0.15) is 11.1 Å². The molecule has 0 N–H and O–H groups in total. The van der Waals surface area contributed by atoms with Crippen molar-refractivity contribution in [3.8, 4) is 33.4 Å². The number of hydrogen-bond donors (Lipinski definition) is 0. The summed E-state index contributed by atoms with van der Waals surface area (Å²) in [6.07, 6.45) is 0.